The van der Waals surface area contributed by atoms with Crippen molar-refractivity contribution in [2.75, 3.05) is 59.5 Å². The predicted molar refractivity (Wildman–Crippen MR) is 277 cm³/mol. The quantitative estimate of drug-likeness (QED) is 0.0794. The number of benzene rings is 2. The van der Waals surface area contributed by atoms with Crippen molar-refractivity contribution in [2.24, 2.45) is 5.92 Å². The SMILES string of the molecule is CC[C@@H](C)C(=O)NC(C(=O)N1CCCC1CN(CCc1ccccc1)C(C)=O)C(C)OCC#CC#CCOC(C)C(NC(=O)[C@H](C)NC)C(=O)N1CCC[C@H]1CN(CCCCCc1ccccc1)C(=O)C(F)(F)F. The minimum Gasteiger partial charge on any atom is -0.363 e. The number of amides is 6. The van der Waals surface area contributed by atoms with E-state index in [1.807, 2.05) is 67.6 Å². The molecule has 15 nitrogen and oxygen atoms in total. The molecule has 2 fully saturated rings. The molecule has 3 N–H and O–H groups in total. The Morgan fingerprint density at radius 3 is 1.65 bits per heavy atom. The number of carbonyl (C=O) groups is 6. The zero-order chi connectivity index (χ0) is 54.2. The Bertz CT molecular complexity index is 2250. The van der Waals surface area contributed by atoms with Crippen molar-refractivity contribution in [1.82, 2.24) is 35.6 Å². The van der Waals surface area contributed by atoms with E-state index in [-0.39, 0.29) is 62.5 Å². The summed E-state index contributed by atoms with van der Waals surface area (Å²) in [6, 6.07) is 15.8. The summed E-state index contributed by atoms with van der Waals surface area (Å²) < 4.78 is 53.5. The van der Waals surface area contributed by atoms with Crippen LogP contribution in [0.3, 0.4) is 0 Å². The van der Waals surface area contributed by atoms with Crippen LogP contribution < -0.4 is 16.0 Å². The van der Waals surface area contributed by atoms with E-state index < -0.39 is 60.3 Å². The lowest BCUT2D eigenvalue weighted by molar-refractivity contribution is -0.186. The number of aryl methyl sites for hydroxylation is 1. The van der Waals surface area contributed by atoms with Crippen LogP contribution in [0.25, 0.3) is 0 Å². The fraction of sp³-hybridized carbons (Fsp3) is 0.607. The molecule has 0 bridgehead atoms. The summed E-state index contributed by atoms with van der Waals surface area (Å²) in [5, 5.41) is 8.50. The first-order chi connectivity index (χ1) is 35.4. The molecule has 0 saturated carbocycles. The standard InChI is InChI=1S/C56H78F3N7O8/c1-8-40(2)51(68)61-49(53(70)65-33-22-29-47(65)38-63(44(6)67)35-31-46-27-16-12-17-28-46)42(4)73-36-20-9-10-21-37-74-43(5)50(62-52(69)41(3)60-7)54(71)66-34-23-30-48(66)39-64(55(72)56(57,58)59)32-19-13-18-26-45-24-14-11-15-25-45/h11-12,14-17,24-25,27-28,40-43,47-50,60H,8,13,18-19,22-23,26,29-39H2,1-7H3,(H,61,68)(H,62,69)/t40-,41+,42?,43?,47?,48+,49?,50?/m1/s1. The molecule has 5 unspecified atom stereocenters. The van der Waals surface area contributed by atoms with Crippen molar-refractivity contribution in [3.05, 3.63) is 71.8 Å². The Kier molecular flexibility index (Phi) is 25.4. The van der Waals surface area contributed by atoms with E-state index in [2.05, 4.69) is 39.6 Å². The average molecular weight is 1030 g/mol. The highest BCUT2D eigenvalue weighted by Crippen LogP contribution is 2.26. The molecular weight excluding hydrogens is 956 g/mol. The number of likely N-dealkylation sites (N-methyl/N-ethyl adjacent to an activating group) is 1. The van der Waals surface area contributed by atoms with Crippen molar-refractivity contribution in [2.45, 2.75) is 154 Å². The van der Waals surface area contributed by atoms with Crippen LogP contribution in [0.2, 0.25) is 0 Å². The van der Waals surface area contributed by atoms with Gasteiger partial charge in [0.15, 0.2) is 0 Å². The highest BCUT2D eigenvalue weighted by Gasteiger charge is 2.45. The van der Waals surface area contributed by atoms with E-state index in [0.717, 1.165) is 35.3 Å². The Balaban J connectivity index is 1.37. The lowest BCUT2D eigenvalue weighted by Gasteiger charge is -2.35. The monoisotopic (exact) mass is 1030 g/mol. The van der Waals surface area contributed by atoms with Gasteiger partial charge in [-0.3, -0.25) is 28.8 Å². The summed E-state index contributed by atoms with van der Waals surface area (Å²) in [5.74, 6) is 6.96. The van der Waals surface area contributed by atoms with Gasteiger partial charge in [-0.2, -0.15) is 13.2 Å². The van der Waals surface area contributed by atoms with Crippen LogP contribution >= 0.6 is 0 Å². The molecular formula is C56H78F3N7O8. The van der Waals surface area contributed by atoms with Gasteiger partial charge in [-0.25, -0.2) is 0 Å². The van der Waals surface area contributed by atoms with E-state index in [1.54, 1.807) is 44.5 Å². The van der Waals surface area contributed by atoms with E-state index in [9.17, 15) is 41.9 Å². The third kappa shape index (κ3) is 19.4. The van der Waals surface area contributed by atoms with Gasteiger partial charge in [0.05, 0.1) is 18.2 Å². The van der Waals surface area contributed by atoms with Gasteiger partial charge in [0.2, 0.25) is 29.5 Å². The maximum atomic E-state index is 14.3. The number of hydrogen-bond acceptors (Lipinski definition) is 9. The van der Waals surface area contributed by atoms with Gasteiger partial charge in [-0.05, 0) is 109 Å². The molecule has 18 heteroatoms. The van der Waals surface area contributed by atoms with Crippen LogP contribution in [0.1, 0.15) is 104 Å². The second-order valence-corrected chi connectivity index (χ2v) is 19.3. The maximum absolute atomic E-state index is 14.3. The fourth-order valence-electron chi connectivity index (χ4n) is 9.04. The fourth-order valence-corrected chi connectivity index (χ4v) is 9.04. The van der Waals surface area contributed by atoms with Crippen molar-refractivity contribution >= 4 is 35.4 Å². The maximum Gasteiger partial charge on any atom is 0.471 e. The zero-order valence-electron chi connectivity index (χ0n) is 44.3. The van der Waals surface area contributed by atoms with Crippen LogP contribution in [0.15, 0.2) is 60.7 Å². The highest BCUT2D eigenvalue weighted by molar-refractivity contribution is 5.91. The van der Waals surface area contributed by atoms with E-state index in [1.165, 1.54) is 11.8 Å². The second kappa shape index (κ2) is 31.1. The number of nitrogens with one attached hydrogen (secondary N) is 3. The number of halogens is 3. The Hall–Kier alpha value is -5.95. The van der Waals surface area contributed by atoms with Gasteiger partial charge in [-0.1, -0.05) is 92.8 Å². The number of rotatable bonds is 27. The molecule has 2 aromatic carbocycles. The van der Waals surface area contributed by atoms with Crippen LogP contribution in [0.4, 0.5) is 13.2 Å². The van der Waals surface area contributed by atoms with Gasteiger partial charge in [0.1, 0.15) is 25.3 Å². The van der Waals surface area contributed by atoms with Crippen molar-refractivity contribution < 1.29 is 51.4 Å². The third-order valence-corrected chi connectivity index (χ3v) is 13.9. The first-order valence-corrected chi connectivity index (χ1v) is 26.1. The Morgan fingerprint density at radius 2 is 1.18 bits per heavy atom. The molecule has 8 atom stereocenters. The number of likely N-dealkylation sites (tertiary alicyclic amines) is 2. The van der Waals surface area contributed by atoms with Gasteiger partial charge >= 0.3 is 12.1 Å². The van der Waals surface area contributed by atoms with Crippen molar-refractivity contribution in [3.8, 4) is 23.7 Å². The molecule has 2 aromatic rings. The van der Waals surface area contributed by atoms with Crippen LogP contribution in [-0.4, -0.2) is 163 Å². The topological polar surface area (TPSA) is 170 Å². The first-order valence-electron chi connectivity index (χ1n) is 26.1. The molecule has 0 radical (unpaired) electrons. The van der Waals surface area contributed by atoms with E-state index >= 15 is 0 Å². The molecule has 2 heterocycles. The Labute approximate surface area is 436 Å². The molecule has 6 amide bonds. The number of nitrogens with zero attached hydrogens (tertiary/aromatic N) is 4. The zero-order valence-corrected chi connectivity index (χ0v) is 44.3. The predicted octanol–water partition coefficient (Wildman–Crippen LogP) is 5.30. The van der Waals surface area contributed by atoms with E-state index in [0.29, 0.717) is 64.6 Å². The summed E-state index contributed by atoms with van der Waals surface area (Å²) in [6.45, 7) is 10.9. The van der Waals surface area contributed by atoms with Gasteiger partial charge in [0.25, 0.3) is 0 Å². The largest absolute Gasteiger partial charge is 0.471 e. The summed E-state index contributed by atoms with van der Waals surface area (Å²) >= 11 is 0. The van der Waals surface area contributed by atoms with Gasteiger partial charge in [-0.15, -0.1) is 0 Å². The minimum atomic E-state index is -5.09. The molecule has 2 aliphatic rings. The molecule has 74 heavy (non-hydrogen) atoms. The molecule has 2 aliphatic heterocycles. The molecule has 0 aliphatic carbocycles. The van der Waals surface area contributed by atoms with Crippen LogP contribution in [-0.2, 0) is 51.1 Å². The van der Waals surface area contributed by atoms with Crippen molar-refractivity contribution in [1.29, 1.82) is 0 Å². The number of carbonyl (C=O) groups excluding carboxylic acids is 6. The van der Waals surface area contributed by atoms with Crippen molar-refractivity contribution in [3.63, 3.8) is 0 Å². The lowest BCUT2D eigenvalue weighted by atomic mass is 10.1. The van der Waals surface area contributed by atoms with Crippen LogP contribution in [0.5, 0.6) is 0 Å². The number of ether oxygens (including phenoxy) is 2. The molecule has 4 rings (SSSR count). The lowest BCUT2D eigenvalue weighted by Crippen LogP contribution is -2.59. The number of unbranched alkanes of at least 4 members (excludes halogenated alkanes) is 2. The van der Waals surface area contributed by atoms with Gasteiger partial charge < -0.3 is 45.0 Å². The number of hydrogen-bond donors (Lipinski definition) is 3. The average Bonchev–Trinajstić information content (AvgIpc) is 4.07. The molecule has 406 valence electrons. The third-order valence-electron chi connectivity index (χ3n) is 13.9. The summed E-state index contributed by atoms with van der Waals surface area (Å²) in [4.78, 5) is 86.0. The smallest absolute Gasteiger partial charge is 0.363 e. The second-order valence-electron chi connectivity index (χ2n) is 19.3. The first kappa shape index (κ1) is 60.6. The normalized spacial score (nSPS) is 17.8. The summed E-state index contributed by atoms with van der Waals surface area (Å²) in [5.41, 5.74) is 2.23. The molecule has 0 aromatic heterocycles. The summed E-state index contributed by atoms with van der Waals surface area (Å²) in [7, 11) is 1.59. The molecule has 2 saturated heterocycles. The Morgan fingerprint density at radius 1 is 0.689 bits per heavy atom. The van der Waals surface area contributed by atoms with Crippen LogP contribution in [0, 0.1) is 29.6 Å². The summed E-state index contributed by atoms with van der Waals surface area (Å²) in [6.07, 6.45) is -0.742. The number of alkyl halides is 3. The minimum absolute atomic E-state index is 0.0813. The van der Waals surface area contributed by atoms with Gasteiger partial charge in [0, 0.05) is 64.2 Å². The highest BCUT2D eigenvalue weighted by atomic mass is 19.4. The van der Waals surface area contributed by atoms with E-state index in [4.69, 9.17) is 9.47 Å². The molecule has 0 spiro atoms.